The zero-order valence-corrected chi connectivity index (χ0v) is 11.4. The van der Waals surface area contributed by atoms with Crippen molar-refractivity contribution in [3.8, 4) is 5.82 Å². The average Bonchev–Trinajstić information content (AvgIpc) is 2.91. The van der Waals surface area contributed by atoms with Gasteiger partial charge in [-0.1, -0.05) is 6.92 Å². The van der Waals surface area contributed by atoms with E-state index in [-0.39, 0.29) is 24.7 Å². The molecule has 0 radical (unpaired) electrons. The maximum Gasteiger partial charge on any atom is 0.303 e. The van der Waals surface area contributed by atoms with Crippen molar-refractivity contribution in [3.05, 3.63) is 31.0 Å². The van der Waals surface area contributed by atoms with E-state index in [0.717, 1.165) is 0 Å². The maximum atomic E-state index is 11.9. The number of hydrogen-bond donors (Lipinski definition) is 2. The lowest BCUT2D eigenvalue weighted by Crippen LogP contribution is -2.18. The largest absolute Gasteiger partial charge is 0.481 e. The summed E-state index contributed by atoms with van der Waals surface area (Å²) in [5.41, 5.74) is 0.496. The molecule has 2 heterocycles. The Hall–Kier alpha value is -2.77. The van der Waals surface area contributed by atoms with E-state index < -0.39 is 5.97 Å². The molecule has 8 nitrogen and oxygen atoms in total. The summed E-state index contributed by atoms with van der Waals surface area (Å²) in [6.45, 7) is 1.72. The molecule has 2 aromatic rings. The number of anilines is 1. The Morgan fingerprint density at radius 2 is 2.24 bits per heavy atom. The number of aromatic nitrogens is 4. The van der Waals surface area contributed by atoms with Crippen LogP contribution in [0.3, 0.4) is 0 Å². The molecule has 0 saturated carbocycles. The first-order valence-corrected chi connectivity index (χ1v) is 6.38. The SMILES string of the molecule is CC(CC(=O)O)CC(=O)Nc1cccnc1-n1cncn1. The van der Waals surface area contributed by atoms with Crippen LogP contribution >= 0.6 is 0 Å². The third-order valence-electron chi connectivity index (χ3n) is 2.75. The molecule has 0 aliphatic heterocycles. The van der Waals surface area contributed by atoms with Crippen molar-refractivity contribution < 1.29 is 14.7 Å². The summed E-state index contributed by atoms with van der Waals surface area (Å²) < 4.78 is 1.44. The van der Waals surface area contributed by atoms with Crippen LogP contribution in [0.15, 0.2) is 31.0 Å². The molecule has 0 saturated heterocycles. The summed E-state index contributed by atoms with van der Waals surface area (Å²) in [5.74, 6) is -0.971. The van der Waals surface area contributed by atoms with Crippen LogP contribution < -0.4 is 5.32 Å². The van der Waals surface area contributed by atoms with Gasteiger partial charge in [0.2, 0.25) is 5.91 Å². The molecule has 2 N–H and O–H groups in total. The second-order valence-corrected chi connectivity index (χ2v) is 4.67. The number of nitrogens with one attached hydrogen (secondary N) is 1. The molecule has 0 spiro atoms. The summed E-state index contributed by atoms with van der Waals surface area (Å²) in [6.07, 6.45) is 4.51. The number of rotatable bonds is 6. The molecule has 2 aromatic heterocycles. The van der Waals surface area contributed by atoms with Crippen molar-refractivity contribution in [1.29, 1.82) is 0 Å². The Bertz CT molecular complexity index is 626. The molecule has 2 rings (SSSR count). The van der Waals surface area contributed by atoms with Crippen LogP contribution in [0, 0.1) is 5.92 Å². The normalized spacial score (nSPS) is 11.9. The molecule has 0 bridgehead atoms. The van der Waals surface area contributed by atoms with E-state index in [1.165, 1.54) is 17.3 Å². The monoisotopic (exact) mass is 289 g/mol. The zero-order valence-electron chi connectivity index (χ0n) is 11.4. The van der Waals surface area contributed by atoms with Crippen LogP contribution in [0.25, 0.3) is 5.82 Å². The van der Waals surface area contributed by atoms with E-state index in [1.54, 1.807) is 25.3 Å². The highest BCUT2D eigenvalue weighted by Gasteiger charge is 2.15. The van der Waals surface area contributed by atoms with Crippen molar-refractivity contribution >= 4 is 17.6 Å². The number of aliphatic carboxylic acids is 1. The van der Waals surface area contributed by atoms with Crippen molar-refractivity contribution in [2.75, 3.05) is 5.32 Å². The molecule has 21 heavy (non-hydrogen) atoms. The van der Waals surface area contributed by atoms with Crippen LogP contribution in [-0.4, -0.2) is 36.7 Å². The first-order chi connectivity index (χ1) is 10.1. The van der Waals surface area contributed by atoms with Gasteiger partial charge in [-0.25, -0.2) is 14.6 Å². The number of carboxylic acids is 1. The van der Waals surface area contributed by atoms with Crippen molar-refractivity contribution in [2.24, 2.45) is 5.92 Å². The van der Waals surface area contributed by atoms with Gasteiger partial charge >= 0.3 is 5.97 Å². The molecule has 0 aliphatic rings. The predicted molar refractivity (Wildman–Crippen MR) is 73.8 cm³/mol. The summed E-state index contributed by atoms with van der Waals surface area (Å²) in [7, 11) is 0. The molecule has 8 heteroatoms. The molecular weight excluding hydrogens is 274 g/mol. The molecule has 110 valence electrons. The minimum atomic E-state index is -0.917. The summed E-state index contributed by atoms with van der Waals surface area (Å²) in [5, 5.41) is 15.4. The number of hydrogen-bond acceptors (Lipinski definition) is 5. The Kier molecular flexibility index (Phi) is 4.60. The van der Waals surface area contributed by atoms with Gasteiger partial charge in [0.1, 0.15) is 12.7 Å². The summed E-state index contributed by atoms with van der Waals surface area (Å²) in [6, 6.07) is 3.39. The quantitative estimate of drug-likeness (QED) is 0.824. The number of carbonyl (C=O) groups excluding carboxylic acids is 1. The van der Waals surface area contributed by atoms with Crippen LogP contribution in [-0.2, 0) is 9.59 Å². The number of amides is 1. The molecule has 0 aliphatic carbocycles. The minimum absolute atomic E-state index is 0.0452. The lowest BCUT2D eigenvalue weighted by Gasteiger charge is -2.11. The van der Waals surface area contributed by atoms with E-state index in [2.05, 4.69) is 20.4 Å². The van der Waals surface area contributed by atoms with Gasteiger partial charge < -0.3 is 10.4 Å². The van der Waals surface area contributed by atoms with Crippen LogP contribution in [0.1, 0.15) is 19.8 Å². The minimum Gasteiger partial charge on any atom is -0.481 e. The molecule has 0 fully saturated rings. The molecule has 0 aromatic carbocycles. The fourth-order valence-electron chi connectivity index (χ4n) is 1.88. The lowest BCUT2D eigenvalue weighted by molar-refractivity contribution is -0.138. The van der Waals surface area contributed by atoms with Gasteiger partial charge in [0, 0.05) is 19.0 Å². The first-order valence-electron chi connectivity index (χ1n) is 6.38. The second-order valence-electron chi connectivity index (χ2n) is 4.67. The third-order valence-corrected chi connectivity index (χ3v) is 2.75. The van der Waals surface area contributed by atoms with Crippen LogP contribution in [0.2, 0.25) is 0 Å². The van der Waals surface area contributed by atoms with Gasteiger partial charge in [0.05, 0.1) is 5.69 Å². The number of pyridine rings is 1. The van der Waals surface area contributed by atoms with E-state index in [1.807, 2.05) is 0 Å². The van der Waals surface area contributed by atoms with Gasteiger partial charge in [0.25, 0.3) is 0 Å². The molecule has 1 amide bonds. The second kappa shape index (κ2) is 6.60. The number of carbonyl (C=O) groups is 2. The molecular formula is C13H15N5O3. The third kappa shape index (κ3) is 4.10. The van der Waals surface area contributed by atoms with Gasteiger partial charge in [-0.15, -0.1) is 0 Å². The fraction of sp³-hybridized carbons (Fsp3) is 0.308. The topological polar surface area (TPSA) is 110 Å². The molecule has 1 unspecified atom stereocenters. The number of nitrogens with zero attached hydrogens (tertiary/aromatic N) is 4. The van der Waals surface area contributed by atoms with E-state index in [4.69, 9.17) is 5.11 Å². The first kappa shape index (κ1) is 14.6. The van der Waals surface area contributed by atoms with E-state index in [0.29, 0.717) is 11.5 Å². The highest BCUT2D eigenvalue weighted by Crippen LogP contribution is 2.17. The standard InChI is InChI=1S/C13H15N5O3/c1-9(6-12(20)21)5-11(19)17-10-3-2-4-15-13(10)18-8-14-7-16-18/h2-4,7-9H,5-6H2,1H3,(H,17,19)(H,20,21). The lowest BCUT2D eigenvalue weighted by atomic mass is 10.0. The van der Waals surface area contributed by atoms with Crippen molar-refractivity contribution in [2.45, 2.75) is 19.8 Å². The molecule has 1 atom stereocenters. The fourth-order valence-corrected chi connectivity index (χ4v) is 1.88. The smallest absolute Gasteiger partial charge is 0.303 e. The van der Waals surface area contributed by atoms with Gasteiger partial charge in [-0.3, -0.25) is 9.59 Å². The van der Waals surface area contributed by atoms with E-state index in [9.17, 15) is 9.59 Å². The highest BCUT2D eigenvalue weighted by atomic mass is 16.4. The summed E-state index contributed by atoms with van der Waals surface area (Å²) in [4.78, 5) is 30.5. The predicted octanol–water partition coefficient (Wildman–Crippen LogP) is 1.10. The van der Waals surface area contributed by atoms with Crippen molar-refractivity contribution in [1.82, 2.24) is 19.7 Å². The maximum absolute atomic E-state index is 11.9. The van der Waals surface area contributed by atoms with Crippen LogP contribution in [0.5, 0.6) is 0 Å². The van der Waals surface area contributed by atoms with Crippen molar-refractivity contribution in [3.63, 3.8) is 0 Å². The zero-order chi connectivity index (χ0) is 15.2. The average molecular weight is 289 g/mol. The van der Waals surface area contributed by atoms with Gasteiger partial charge in [0.15, 0.2) is 5.82 Å². The number of carboxylic acid groups (broad SMARTS) is 1. The Labute approximate surface area is 120 Å². The van der Waals surface area contributed by atoms with Gasteiger partial charge in [-0.05, 0) is 18.1 Å². The van der Waals surface area contributed by atoms with E-state index >= 15 is 0 Å². The highest BCUT2D eigenvalue weighted by molar-refractivity contribution is 5.92. The Balaban J connectivity index is 2.06. The Morgan fingerprint density at radius 3 is 2.90 bits per heavy atom. The van der Waals surface area contributed by atoms with Crippen LogP contribution in [0.4, 0.5) is 5.69 Å². The van der Waals surface area contributed by atoms with Gasteiger partial charge in [-0.2, -0.15) is 5.10 Å². The summed E-state index contributed by atoms with van der Waals surface area (Å²) >= 11 is 0. The Morgan fingerprint density at radius 1 is 1.43 bits per heavy atom.